The number of alkyl halides is 1. The third kappa shape index (κ3) is 2.16. The number of terminal acetylenes is 1. The summed E-state index contributed by atoms with van der Waals surface area (Å²) < 4.78 is 20.6. The number of nitrogens with two attached hydrogens (primary N) is 2. The van der Waals surface area contributed by atoms with Crippen LogP contribution in [0.15, 0.2) is 12.5 Å². The fourth-order valence-electron chi connectivity index (χ4n) is 2.82. The summed E-state index contributed by atoms with van der Waals surface area (Å²) in [6, 6.07) is 0. The molecule has 1 aliphatic heterocycles. The molecule has 132 valence electrons. The summed E-state index contributed by atoms with van der Waals surface area (Å²) >= 11 is 0. The molecule has 1 aliphatic rings. The zero-order valence-corrected chi connectivity index (χ0v) is 12.6. The van der Waals surface area contributed by atoms with Crippen LogP contribution in [-0.4, -0.2) is 59.9 Å². The summed E-state index contributed by atoms with van der Waals surface area (Å²) in [5.74, 6) is -2.15. The van der Waals surface area contributed by atoms with Crippen molar-refractivity contribution in [3.63, 3.8) is 0 Å². The third-order valence-electron chi connectivity index (χ3n) is 4.11. The van der Waals surface area contributed by atoms with Crippen LogP contribution in [-0.2, 0) is 4.74 Å². The van der Waals surface area contributed by atoms with Crippen molar-refractivity contribution in [2.45, 2.75) is 23.8 Å². The van der Waals surface area contributed by atoms with Gasteiger partial charge in [-0.05, 0) is 0 Å². The van der Waals surface area contributed by atoms with E-state index in [0.29, 0.717) is 0 Å². The van der Waals surface area contributed by atoms with Crippen molar-refractivity contribution in [1.82, 2.24) is 14.5 Å². The van der Waals surface area contributed by atoms with E-state index in [2.05, 4.69) is 9.97 Å². The lowest BCUT2D eigenvalue weighted by atomic mass is 9.94. The first kappa shape index (κ1) is 17.1. The highest BCUT2D eigenvalue weighted by Crippen LogP contribution is 2.46. The van der Waals surface area contributed by atoms with Crippen molar-refractivity contribution in [2.75, 3.05) is 12.3 Å². The molecule has 0 aromatic carbocycles. The van der Waals surface area contributed by atoms with Crippen LogP contribution in [0, 0.1) is 12.3 Å². The second kappa shape index (κ2) is 5.36. The van der Waals surface area contributed by atoms with Gasteiger partial charge in [-0.3, -0.25) is 4.79 Å². The number of aliphatic hydroxyl groups excluding tert-OH is 2. The van der Waals surface area contributed by atoms with E-state index in [1.54, 1.807) is 0 Å². The largest absolute Gasteiger partial charge is 0.390 e. The Kier molecular flexibility index (Phi) is 3.66. The lowest BCUT2D eigenvalue weighted by Gasteiger charge is -2.26. The molecule has 10 nitrogen and oxygen atoms in total. The van der Waals surface area contributed by atoms with Gasteiger partial charge in [-0.1, -0.05) is 5.92 Å². The summed E-state index contributed by atoms with van der Waals surface area (Å²) in [4.78, 5) is 19.3. The number of rotatable bonds is 3. The average molecular weight is 351 g/mol. The van der Waals surface area contributed by atoms with Crippen molar-refractivity contribution in [3.8, 4) is 12.3 Å². The summed E-state index contributed by atoms with van der Waals surface area (Å²) in [5.41, 5.74) is 8.31. The highest BCUT2D eigenvalue weighted by molar-refractivity contribution is 6.08. The molecule has 11 heteroatoms. The molecular weight excluding hydrogens is 337 g/mol. The quantitative estimate of drug-likeness (QED) is 0.396. The Balaban J connectivity index is 2.28. The van der Waals surface area contributed by atoms with Crippen LogP contribution >= 0.6 is 0 Å². The molecule has 2 aromatic rings. The molecule has 2 aromatic heterocycles. The van der Waals surface area contributed by atoms with E-state index in [4.69, 9.17) is 22.6 Å². The lowest BCUT2D eigenvalue weighted by molar-refractivity contribution is -0.206. The van der Waals surface area contributed by atoms with Gasteiger partial charge in [0.25, 0.3) is 11.8 Å². The molecule has 0 spiro atoms. The number of fused-ring (bicyclic) bond motifs is 1. The topological polar surface area (TPSA) is 170 Å². The van der Waals surface area contributed by atoms with Crippen LogP contribution in [0.4, 0.5) is 10.2 Å². The van der Waals surface area contributed by atoms with Crippen molar-refractivity contribution >= 4 is 22.8 Å². The van der Waals surface area contributed by atoms with Crippen molar-refractivity contribution in [2.24, 2.45) is 5.73 Å². The van der Waals surface area contributed by atoms with Crippen LogP contribution in [0.5, 0.6) is 0 Å². The number of hydrogen-bond acceptors (Lipinski definition) is 8. The van der Waals surface area contributed by atoms with E-state index in [-0.39, 0.29) is 22.4 Å². The number of nitrogens with zero attached hydrogens (tertiary/aromatic N) is 3. The molecule has 25 heavy (non-hydrogen) atoms. The van der Waals surface area contributed by atoms with Gasteiger partial charge in [0.2, 0.25) is 5.60 Å². The molecule has 0 bridgehead atoms. The smallest absolute Gasteiger partial charge is 0.264 e. The molecule has 7 N–H and O–H groups in total. The average Bonchev–Trinajstić information content (AvgIpc) is 3.07. The number of amides is 1. The van der Waals surface area contributed by atoms with Gasteiger partial charge in [-0.15, -0.1) is 6.42 Å². The zero-order chi connectivity index (χ0) is 18.6. The molecule has 0 aliphatic carbocycles. The summed E-state index contributed by atoms with van der Waals surface area (Å²) in [5, 5.41) is 29.8. The van der Waals surface area contributed by atoms with E-state index < -0.39 is 36.3 Å². The predicted molar refractivity (Wildman–Crippen MR) is 81.3 cm³/mol. The first-order valence-corrected chi connectivity index (χ1v) is 6.96. The van der Waals surface area contributed by atoms with E-state index in [1.807, 2.05) is 5.92 Å². The minimum absolute atomic E-state index is 0.0330. The number of anilines is 1. The van der Waals surface area contributed by atoms with Gasteiger partial charge in [0.15, 0.2) is 12.3 Å². The molecule has 0 unspecified atom stereocenters. The van der Waals surface area contributed by atoms with Crippen molar-refractivity contribution in [1.29, 1.82) is 0 Å². The van der Waals surface area contributed by atoms with Gasteiger partial charge in [-0.25, -0.2) is 14.4 Å². The van der Waals surface area contributed by atoms with Crippen LogP contribution in [0.1, 0.15) is 16.6 Å². The van der Waals surface area contributed by atoms with E-state index in [9.17, 15) is 24.5 Å². The fraction of sp³-hybridized carbons (Fsp3) is 0.357. The number of halogens is 1. The molecular formula is C14H14FN5O5. The Morgan fingerprint density at radius 3 is 2.80 bits per heavy atom. The number of hydrogen-bond donors (Lipinski definition) is 5. The van der Waals surface area contributed by atoms with Gasteiger partial charge in [-0.2, -0.15) is 0 Å². The number of aliphatic hydroxyl groups is 3. The number of carbonyl (C=O) groups is 1. The van der Waals surface area contributed by atoms with Gasteiger partial charge >= 0.3 is 0 Å². The highest BCUT2D eigenvalue weighted by Gasteiger charge is 2.64. The third-order valence-corrected chi connectivity index (χ3v) is 4.11. The van der Waals surface area contributed by atoms with Gasteiger partial charge in [0, 0.05) is 6.20 Å². The summed E-state index contributed by atoms with van der Waals surface area (Å²) in [7, 11) is 0. The number of carbonyl (C=O) groups excluding carboxylic acids is 1. The Hall–Kier alpha value is -2.78. The Labute approximate surface area is 139 Å². The molecule has 1 saturated heterocycles. The Morgan fingerprint density at radius 2 is 2.24 bits per heavy atom. The maximum absolute atomic E-state index is 14.6. The lowest BCUT2D eigenvalue weighted by Crippen LogP contribution is -2.49. The molecule has 1 amide bonds. The second-order valence-electron chi connectivity index (χ2n) is 5.56. The number of primary amides is 1. The molecule has 4 atom stereocenters. The molecule has 0 saturated carbocycles. The minimum Gasteiger partial charge on any atom is -0.390 e. The molecule has 3 heterocycles. The first-order chi connectivity index (χ1) is 11.7. The van der Waals surface area contributed by atoms with Crippen LogP contribution in [0.2, 0.25) is 0 Å². The summed E-state index contributed by atoms with van der Waals surface area (Å²) in [6.45, 7) is -1.27. The van der Waals surface area contributed by atoms with Crippen molar-refractivity contribution in [3.05, 3.63) is 18.1 Å². The maximum Gasteiger partial charge on any atom is 0.264 e. The number of ether oxygens (including phenoxy) is 1. The van der Waals surface area contributed by atoms with Gasteiger partial charge < -0.3 is 36.1 Å². The molecule has 1 fully saturated rings. The van der Waals surface area contributed by atoms with E-state index in [0.717, 1.165) is 17.1 Å². The zero-order valence-electron chi connectivity index (χ0n) is 12.6. The predicted octanol–water partition coefficient (Wildman–Crippen LogP) is -1.98. The van der Waals surface area contributed by atoms with Crippen LogP contribution in [0.3, 0.4) is 0 Å². The molecule has 3 rings (SSSR count). The van der Waals surface area contributed by atoms with Crippen LogP contribution in [0.25, 0.3) is 11.0 Å². The molecule has 0 radical (unpaired) electrons. The van der Waals surface area contributed by atoms with Crippen molar-refractivity contribution < 1.29 is 29.2 Å². The number of nitrogen functional groups attached to an aromatic ring is 1. The Bertz CT molecular complexity index is 911. The normalized spacial score (nSPS) is 32.0. The first-order valence-electron chi connectivity index (χ1n) is 6.96. The second-order valence-corrected chi connectivity index (χ2v) is 5.56. The standard InChI is InChI=1S/C14H14FN5O5/c1-2-13(24)11(23)14(15,4-21)25-12(13)20-3-6(9(17)22)7-8(16)18-5-19-10(7)20/h1,3,5,11-12,21,23-24H,4H2,(H2,17,22)(H2,16,18,19)/t11-,12+,13+,14+/m0/s1. The Morgan fingerprint density at radius 1 is 1.56 bits per heavy atom. The minimum atomic E-state index is -3.03. The fourth-order valence-corrected chi connectivity index (χ4v) is 2.82. The SMILES string of the molecule is C#C[C@]1(O)[C@H](n2cc(C(N)=O)c3c(N)ncnc32)O[C@](F)(CO)[C@H]1O. The van der Waals surface area contributed by atoms with Gasteiger partial charge in [0.05, 0.1) is 10.9 Å². The van der Waals surface area contributed by atoms with Gasteiger partial charge in [0.1, 0.15) is 24.4 Å². The number of aromatic nitrogens is 3. The van der Waals surface area contributed by atoms with Crippen LogP contribution < -0.4 is 11.5 Å². The summed E-state index contributed by atoms with van der Waals surface area (Å²) in [6.07, 6.45) is 3.42. The highest BCUT2D eigenvalue weighted by atomic mass is 19.2. The van der Waals surface area contributed by atoms with E-state index in [1.165, 1.54) is 0 Å². The van der Waals surface area contributed by atoms with E-state index >= 15 is 0 Å². The maximum atomic E-state index is 14.6. The monoisotopic (exact) mass is 351 g/mol.